The predicted molar refractivity (Wildman–Crippen MR) is 106 cm³/mol. The van der Waals surface area contributed by atoms with Crippen molar-refractivity contribution in [2.75, 3.05) is 18.5 Å². The van der Waals surface area contributed by atoms with Crippen molar-refractivity contribution in [2.45, 2.75) is 39.3 Å². The normalized spacial score (nSPS) is 12.1. The van der Waals surface area contributed by atoms with Crippen LogP contribution in [0.3, 0.4) is 0 Å². The highest BCUT2D eigenvalue weighted by molar-refractivity contribution is 14.1. The second-order valence-electron chi connectivity index (χ2n) is 6.52. The molecule has 122 valence electrons. The van der Waals surface area contributed by atoms with E-state index in [0.29, 0.717) is 11.9 Å². The van der Waals surface area contributed by atoms with Crippen LogP contribution in [-0.4, -0.2) is 30.8 Å². The first-order chi connectivity index (χ1) is 10.3. The van der Waals surface area contributed by atoms with Gasteiger partial charge in [0.25, 0.3) is 0 Å². The van der Waals surface area contributed by atoms with Crippen molar-refractivity contribution < 1.29 is 4.74 Å². The lowest BCUT2D eigenvalue weighted by molar-refractivity contribution is 0.0898. The zero-order valence-corrected chi connectivity index (χ0v) is 17.5. The van der Waals surface area contributed by atoms with E-state index >= 15 is 0 Å². The first-order valence-corrected chi connectivity index (χ1v) is 12.6. The summed E-state index contributed by atoms with van der Waals surface area (Å²) in [4.78, 5) is 4.48. The molecule has 0 radical (unpaired) electrons. The number of rotatable bonds is 7. The van der Waals surface area contributed by atoms with Crippen LogP contribution in [0, 0.1) is 3.57 Å². The molecule has 7 heteroatoms. The third kappa shape index (κ3) is 4.59. The van der Waals surface area contributed by atoms with Gasteiger partial charge in [-0.2, -0.15) is 0 Å². The molecule has 0 aliphatic carbocycles. The van der Waals surface area contributed by atoms with Crippen molar-refractivity contribution in [3.63, 3.8) is 0 Å². The van der Waals surface area contributed by atoms with Gasteiger partial charge in [-0.1, -0.05) is 31.2 Å². The fourth-order valence-corrected chi connectivity index (χ4v) is 3.99. The summed E-state index contributed by atoms with van der Waals surface area (Å²) in [5, 5.41) is 4.97. The van der Waals surface area contributed by atoms with Crippen molar-refractivity contribution in [1.82, 2.24) is 9.55 Å². The van der Waals surface area contributed by atoms with E-state index in [1.54, 1.807) is 0 Å². The number of fused-ring (bicyclic) bond motifs is 1. The van der Waals surface area contributed by atoms with Gasteiger partial charge in [0, 0.05) is 36.7 Å². The summed E-state index contributed by atoms with van der Waals surface area (Å²) in [6.07, 6.45) is 2.07. The van der Waals surface area contributed by atoms with Gasteiger partial charge in [0.15, 0.2) is 0 Å². The molecule has 0 bridgehead atoms. The van der Waals surface area contributed by atoms with Gasteiger partial charge in [0.2, 0.25) is 0 Å². The molecule has 0 fully saturated rings. The van der Waals surface area contributed by atoms with Gasteiger partial charge in [-0.25, -0.2) is 4.98 Å². The zero-order chi connectivity index (χ0) is 16.3. The van der Waals surface area contributed by atoms with Crippen LogP contribution >= 0.6 is 34.2 Å². The molecule has 22 heavy (non-hydrogen) atoms. The molecule has 0 saturated carbocycles. The number of halogens is 2. The molecule has 0 unspecified atom stereocenters. The highest BCUT2D eigenvalue weighted by atomic mass is 127. The third-order valence-corrected chi connectivity index (χ3v) is 6.06. The predicted octanol–water partition coefficient (Wildman–Crippen LogP) is 5.04. The van der Waals surface area contributed by atoms with E-state index in [1.165, 1.54) is 6.04 Å². The van der Waals surface area contributed by atoms with E-state index in [2.05, 4.69) is 65.7 Å². The maximum absolute atomic E-state index is 6.16. The molecular formula is C15H23ClIN3OSi. The quantitative estimate of drug-likeness (QED) is 0.277. The number of nitrogens with zero attached hydrogens (tertiary/aromatic N) is 2. The molecule has 2 rings (SSSR count). The SMILES string of the molecule is CCNc1cc(Cl)nc2c1c(I)cn2COCC[Si](C)(C)C. The highest BCUT2D eigenvalue weighted by Crippen LogP contribution is 2.31. The number of pyridine rings is 1. The van der Waals surface area contributed by atoms with E-state index in [9.17, 15) is 0 Å². The Morgan fingerprint density at radius 3 is 2.77 bits per heavy atom. The molecule has 0 amide bonds. The smallest absolute Gasteiger partial charge is 0.146 e. The average Bonchev–Trinajstić information content (AvgIpc) is 2.70. The van der Waals surface area contributed by atoms with Crippen molar-refractivity contribution in [2.24, 2.45) is 0 Å². The minimum atomic E-state index is -1.05. The van der Waals surface area contributed by atoms with E-state index in [-0.39, 0.29) is 0 Å². The molecule has 4 nitrogen and oxygen atoms in total. The second-order valence-corrected chi connectivity index (χ2v) is 13.7. The Hall–Kier alpha value is -0.313. The Morgan fingerprint density at radius 2 is 2.14 bits per heavy atom. The van der Waals surface area contributed by atoms with E-state index in [4.69, 9.17) is 16.3 Å². The Morgan fingerprint density at radius 1 is 1.41 bits per heavy atom. The average molecular weight is 452 g/mol. The molecule has 0 saturated heterocycles. The van der Waals surface area contributed by atoms with Crippen LogP contribution in [0.4, 0.5) is 5.69 Å². The molecular weight excluding hydrogens is 429 g/mol. The van der Waals surface area contributed by atoms with Crippen LogP contribution < -0.4 is 5.32 Å². The summed E-state index contributed by atoms with van der Waals surface area (Å²) in [5.41, 5.74) is 1.91. The van der Waals surface area contributed by atoms with Crippen molar-refractivity contribution >= 4 is 59.0 Å². The molecule has 2 aromatic rings. The molecule has 0 aromatic carbocycles. The van der Waals surface area contributed by atoms with Crippen LogP contribution in [0.2, 0.25) is 30.8 Å². The van der Waals surface area contributed by atoms with Gasteiger partial charge in [0.05, 0.1) is 5.39 Å². The van der Waals surface area contributed by atoms with Gasteiger partial charge in [-0.05, 0) is 41.6 Å². The third-order valence-electron chi connectivity index (χ3n) is 3.34. The molecule has 0 aliphatic rings. The molecule has 0 aliphatic heterocycles. The topological polar surface area (TPSA) is 39.1 Å². The van der Waals surface area contributed by atoms with Crippen LogP contribution in [0.15, 0.2) is 12.3 Å². The van der Waals surface area contributed by atoms with Crippen LogP contribution in [-0.2, 0) is 11.5 Å². The largest absolute Gasteiger partial charge is 0.385 e. The Kier molecular flexibility index (Phi) is 6.15. The monoisotopic (exact) mass is 451 g/mol. The minimum absolute atomic E-state index is 0.501. The Labute approximate surface area is 151 Å². The summed E-state index contributed by atoms with van der Waals surface area (Å²) in [6, 6.07) is 3.05. The summed E-state index contributed by atoms with van der Waals surface area (Å²) in [5.74, 6) is 0. The molecule has 1 N–H and O–H groups in total. The van der Waals surface area contributed by atoms with Crippen LogP contribution in [0.1, 0.15) is 6.92 Å². The Balaban J connectivity index is 2.20. The first-order valence-electron chi connectivity index (χ1n) is 7.48. The number of ether oxygens (including phenoxy) is 1. The second kappa shape index (κ2) is 7.50. The van der Waals surface area contributed by atoms with Crippen molar-refractivity contribution in [1.29, 1.82) is 0 Å². The van der Waals surface area contributed by atoms with Gasteiger partial charge in [-0.3, -0.25) is 0 Å². The van der Waals surface area contributed by atoms with Gasteiger partial charge >= 0.3 is 0 Å². The summed E-state index contributed by atoms with van der Waals surface area (Å²) in [7, 11) is -1.05. The lowest BCUT2D eigenvalue weighted by Gasteiger charge is -2.15. The summed E-state index contributed by atoms with van der Waals surface area (Å²) < 4.78 is 9.04. The van der Waals surface area contributed by atoms with Gasteiger partial charge in [-0.15, -0.1) is 0 Å². The molecule has 2 heterocycles. The van der Waals surface area contributed by atoms with E-state index < -0.39 is 8.07 Å². The van der Waals surface area contributed by atoms with E-state index in [0.717, 1.165) is 33.4 Å². The summed E-state index contributed by atoms with van der Waals surface area (Å²) in [6.45, 7) is 11.3. The maximum atomic E-state index is 6.16. The summed E-state index contributed by atoms with van der Waals surface area (Å²) >= 11 is 8.50. The van der Waals surface area contributed by atoms with Crippen LogP contribution in [0.25, 0.3) is 11.0 Å². The lowest BCUT2D eigenvalue weighted by Crippen LogP contribution is -2.22. The lowest BCUT2D eigenvalue weighted by atomic mass is 10.3. The van der Waals surface area contributed by atoms with Crippen molar-refractivity contribution in [3.05, 3.63) is 21.0 Å². The fourth-order valence-electron chi connectivity index (χ4n) is 2.18. The highest BCUT2D eigenvalue weighted by Gasteiger charge is 2.15. The van der Waals surface area contributed by atoms with E-state index in [1.807, 2.05) is 10.6 Å². The van der Waals surface area contributed by atoms with Gasteiger partial charge in [0.1, 0.15) is 17.5 Å². The number of aromatic nitrogens is 2. The molecule has 0 atom stereocenters. The minimum Gasteiger partial charge on any atom is -0.385 e. The standard InChI is InChI=1S/C15H23ClIN3OSi/c1-5-18-12-8-13(16)19-15-14(12)11(17)9-20(15)10-21-6-7-22(2,3)4/h8-9H,5-7,10H2,1-4H3,(H,18,19). The van der Waals surface area contributed by atoms with Gasteiger partial charge < -0.3 is 14.6 Å². The number of hydrogen-bond acceptors (Lipinski definition) is 3. The molecule has 2 aromatic heterocycles. The number of anilines is 1. The number of hydrogen-bond donors (Lipinski definition) is 1. The molecule has 0 spiro atoms. The fraction of sp³-hybridized carbons (Fsp3) is 0.533. The number of nitrogens with one attached hydrogen (secondary N) is 1. The zero-order valence-electron chi connectivity index (χ0n) is 13.5. The maximum Gasteiger partial charge on any atom is 0.146 e. The Bertz CT molecular complexity index is 654. The van der Waals surface area contributed by atoms with Crippen molar-refractivity contribution in [3.8, 4) is 0 Å². The first kappa shape index (κ1) is 18.0. The van der Waals surface area contributed by atoms with Crippen LogP contribution in [0.5, 0.6) is 0 Å².